The molecular weight excluding hydrogens is 260 g/mol. The zero-order chi connectivity index (χ0) is 13.4. The number of thiazole rings is 1. The Morgan fingerprint density at radius 2 is 2.21 bits per heavy atom. The van der Waals surface area contributed by atoms with Crippen LogP contribution in [0, 0.1) is 6.92 Å². The number of hydrogen-bond donors (Lipinski definition) is 1. The summed E-state index contributed by atoms with van der Waals surface area (Å²) in [5.74, 6) is 0.108. The summed E-state index contributed by atoms with van der Waals surface area (Å²) in [5, 5.41) is 0.483. The van der Waals surface area contributed by atoms with Crippen molar-refractivity contribution in [1.82, 2.24) is 14.8 Å². The van der Waals surface area contributed by atoms with E-state index in [-0.39, 0.29) is 5.91 Å². The minimum atomic E-state index is 0.108. The van der Waals surface area contributed by atoms with Gasteiger partial charge in [0.05, 0.1) is 5.69 Å². The molecule has 5 nitrogen and oxygen atoms in total. The Labute approximate surface area is 117 Å². The molecule has 0 radical (unpaired) electrons. The van der Waals surface area contributed by atoms with E-state index in [1.807, 2.05) is 11.8 Å². The Hall–Kier alpha value is -1.14. The molecule has 3 heterocycles. The van der Waals surface area contributed by atoms with Gasteiger partial charge in [-0.25, -0.2) is 4.98 Å². The fourth-order valence-corrected chi connectivity index (χ4v) is 3.90. The number of piperazine rings is 1. The number of piperidine rings is 1. The van der Waals surface area contributed by atoms with Gasteiger partial charge in [0, 0.05) is 25.7 Å². The zero-order valence-electron chi connectivity index (χ0n) is 11.3. The maximum absolute atomic E-state index is 12.5. The molecule has 1 amide bonds. The predicted octanol–water partition coefficient (Wildman–Crippen LogP) is 1.34. The monoisotopic (exact) mass is 280 g/mol. The van der Waals surface area contributed by atoms with Crippen LogP contribution < -0.4 is 5.73 Å². The molecule has 0 bridgehead atoms. The summed E-state index contributed by atoms with van der Waals surface area (Å²) >= 11 is 1.31. The Kier molecular flexibility index (Phi) is 3.45. The van der Waals surface area contributed by atoms with Crippen LogP contribution in [-0.2, 0) is 0 Å². The summed E-state index contributed by atoms with van der Waals surface area (Å²) in [5.41, 5.74) is 6.44. The molecule has 0 saturated carbocycles. The van der Waals surface area contributed by atoms with Crippen molar-refractivity contribution < 1.29 is 4.79 Å². The Bertz CT molecular complexity index is 487. The van der Waals surface area contributed by atoms with Gasteiger partial charge in [0.25, 0.3) is 5.91 Å². The van der Waals surface area contributed by atoms with E-state index < -0.39 is 0 Å². The first-order valence-electron chi connectivity index (χ1n) is 6.91. The fraction of sp³-hybridized carbons (Fsp3) is 0.692. The quantitative estimate of drug-likeness (QED) is 0.843. The fourth-order valence-electron chi connectivity index (χ4n) is 3.10. The zero-order valence-corrected chi connectivity index (χ0v) is 12.1. The van der Waals surface area contributed by atoms with Crippen LogP contribution in [0.5, 0.6) is 0 Å². The molecule has 19 heavy (non-hydrogen) atoms. The number of nitrogens with two attached hydrogens (primary N) is 1. The van der Waals surface area contributed by atoms with Crippen molar-refractivity contribution in [2.45, 2.75) is 32.2 Å². The minimum Gasteiger partial charge on any atom is -0.375 e. The Morgan fingerprint density at radius 1 is 1.37 bits per heavy atom. The molecule has 1 aromatic rings. The second kappa shape index (κ2) is 5.09. The van der Waals surface area contributed by atoms with Gasteiger partial charge in [-0.05, 0) is 26.3 Å². The van der Waals surface area contributed by atoms with E-state index in [1.165, 1.54) is 37.1 Å². The third-order valence-corrected chi connectivity index (χ3v) is 5.11. The van der Waals surface area contributed by atoms with Gasteiger partial charge < -0.3 is 10.6 Å². The van der Waals surface area contributed by atoms with E-state index >= 15 is 0 Å². The van der Waals surface area contributed by atoms with Gasteiger partial charge in [0.1, 0.15) is 4.88 Å². The van der Waals surface area contributed by atoms with Crippen LogP contribution in [0.15, 0.2) is 0 Å². The summed E-state index contributed by atoms with van der Waals surface area (Å²) < 4.78 is 0. The number of aryl methyl sites for hydroxylation is 1. The highest BCUT2D eigenvalue weighted by molar-refractivity contribution is 7.17. The molecule has 0 aliphatic carbocycles. The molecular formula is C13H20N4OS. The molecule has 0 aromatic carbocycles. The molecule has 6 heteroatoms. The van der Waals surface area contributed by atoms with Crippen molar-refractivity contribution in [3.8, 4) is 0 Å². The highest BCUT2D eigenvalue weighted by atomic mass is 32.1. The van der Waals surface area contributed by atoms with E-state index in [4.69, 9.17) is 5.73 Å². The largest absolute Gasteiger partial charge is 0.375 e. The van der Waals surface area contributed by atoms with Crippen molar-refractivity contribution in [3.05, 3.63) is 10.6 Å². The lowest BCUT2D eigenvalue weighted by molar-refractivity contribution is 0.0375. The van der Waals surface area contributed by atoms with Gasteiger partial charge in [-0.15, -0.1) is 0 Å². The first kappa shape index (κ1) is 12.9. The van der Waals surface area contributed by atoms with Crippen molar-refractivity contribution in [3.63, 3.8) is 0 Å². The van der Waals surface area contributed by atoms with Gasteiger partial charge in [-0.1, -0.05) is 17.8 Å². The van der Waals surface area contributed by atoms with Crippen LogP contribution in [0.2, 0.25) is 0 Å². The van der Waals surface area contributed by atoms with Crippen LogP contribution in [0.1, 0.15) is 34.6 Å². The molecule has 0 spiro atoms. The summed E-state index contributed by atoms with van der Waals surface area (Å²) in [4.78, 5) is 21.9. The van der Waals surface area contributed by atoms with E-state index in [1.54, 1.807) is 0 Å². The van der Waals surface area contributed by atoms with E-state index in [0.29, 0.717) is 16.1 Å². The topological polar surface area (TPSA) is 62.5 Å². The lowest BCUT2D eigenvalue weighted by Crippen LogP contribution is -2.56. The van der Waals surface area contributed by atoms with Gasteiger partial charge in [-0.3, -0.25) is 9.69 Å². The van der Waals surface area contributed by atoms with Gasteiger partial charge >= 0.3 is 0 Å². The minimum absolute atomic E-state index is 0.108. The van der Waals surface area contributed by atoms with Crippen molar-refractivity contribution in [2.24, 2.45) is 0 Å². The third-order valence-electron chi connectivity index (χ3n) is 4.13. The number of carbonyl (C=O) groups is 1. The standard InChI is InChI=1S/C13H20N4OS/c1-9-11(19-13(14)15-9)12(18)17-7-6-16-5-3-2-4-10(16)8-17/h10H,2-8H2,1H3,(H2,14,15). The number of rotatable bonds is 1. The normalized spacial score (nSPS) is 24.3. The van der Waals surface area contributed by atoms with Crippen molar-refractivity contribution in [2.75, 3.05) is 31.9 Å². The van der Waals surface area contributed by atoms with E-state index in [2.05, 4.69) is 9.88 Å². The molecule has 104 valence electrons. The number of aromatic nitrogens is 1. The predicted molar refractivity (Wildman–Crippen MR) is 76.4 cm³/mol. The summed E-state index contributed by atoms with van der Waals surface area (Å²) in [6.45, 7) is 5.74. The summed E-state index contributed by atoms with van der Waals surface area (Å²) in [6, 6.07) is 0.553. The van der Waals surface area contributed by atoms with Crippen LogP contribution >= 0.6 is 11.3 Å². The molecule has 1 unspecified atom stereocenters. The van der Waals surface area contributed by atoms with E-state index in [0.717, 1.165) is 25.3 Å². The molecule has 3 rings (SSSR count). The molecule has 2 aliphatic rings. The first-order chi connectivity index (χ1) is 9.15. The summed E-state index contributed by atoms with van der Waals surface area (Å²) in [7, 11) is 0. The average molecular weight is 280 g/mol. The van der Waals surface area contributed by atoms with E-state index in [9.17, 15) is 4.79 Å². The van der Waals surface area contributed by atoms with Crippen molar-refractivity contribution in [1.29, 1.82) is 0 Å². The molecule has 2 aliphatic heterocycles. The van der Waals surface area contributed by atoms with Gasteiger partial charge in [-0.2, -0.15) is 0 Å². The van der Waals surface area contributed by atoms with Crippen LogP contribution in [-0.4, -0.2) is 52.9 Å². The molecule has 1 aromatic heterocycles. The number of amides is 1. The molecule has 1 atom stereocenters. The second-order valence-electron chi connectivity index (χ2n) is 5.40. The number of hydrogen-bond acceptors (Lipinski definition) is 5. The molecule has 2 N–H and O–H groups in total. The maximum Gasteiger partial charge on any atom is 0.266 e. The lowest BCUT2D eigenvalue weighted by atomic mass is 9.99. The smallest absolute Gasteiger partial charge is 0.266 e. The Morgan fingerprint density at radius 3 is 2.95 bits per heavy atom. The van der Waals surface area contributed by atoms with Crippen LogP contribution in [0.3, 0.4) is 0 Å². The van der Waals surface area contributed by atoms with Crippen LogP contribution in [0.25, 0.3) is 0 Å². The number of anilines is 1. The third kappa shape index (κ3) is 2.47. The van der Waals surface area contributed by atoms with Crippen LogP contribution in [0.4, 0.5) is 5.13 Å². The number of fused-ring (bicyclic) bond motifs is 1. The highest BCUT2D eigenvalue weighted by Crippen LogP contribution is 2.25. The summed E-state index contributed by atoms with van der Waals surface area (Å²) in [6.07, 6.45) is 3.80. The average Bonchev–Trinajstić information content (AvgIpc) is 2.76. The molecule has 2 saturated heterocycles. The first-order valence-corrected chi connectivity index (χ1v) is 7.73. The van der Waals surface area contributed by atoms with Gasteiger partial charge in [0.15, 0.2) is 5.13 Å². The second-order valence-corrected chi connectivity index (χ2v) is 6.43. The Balaban J connectivity index is 1.72. The lowest BCUT2D eigenvalue weighted by Gasteiger charge is -2.43. The number of nitrogens with zero attached hydrogens (tertiary/aromatic N) is 3. The van der Waals surface area contributed by atoms with Gasteiger partial charge in [0.2, 0.25) is 0 Å². The maximum atomic E-state index is 12.5. The number of nitrogen functional groups attached to an aromatic ring is 1. The van der Waals surface area contributed by atoms with Crippen molar-refractivity contribution >= 4 is 22.4 Å². The SMILES string of the molecule is Cc1nc(N)sc1C(=O)N1CCN2CCCCC2C1. The molecule has 2 fully saturated rings. The number of carbonyl (C=O) groups excluding carboxylic acids is 1. The highest BCUT2D eigenvalue weighted by Gasteiger charge is 2.32.